The van der Waals surface area contributed by atoms with Gasteiger partial charge in [0, 0.05) is 24.5 Å². The van der Waals surface area contributed by atoms with Gasteiger partial charge in [-0.25, -0.2) is 9.37 Å². The third-order valence-corrected chi connectivity index (χ3v) is 6.29. The molecule has 1 fully saturated rings. The van der Waals surface area contributed by atoms with E-state index in [9.17, 15) is 9.18 Å². The van der Waals surface area contributed by atoms with Crippen molar-refractivity contribution in [1.29, 1.82) is 5.26 Å². The molecule has 0 radical (unpaired) electrons. The van der Waals surface area contributed by atoms with Gasteiger partial charge < -0.3 is 22.1 Å². The van der Waals surface area contributed by atoms with Crippen molar-refractivity contribution in [2.75, 3.05) is 23.7 Å². The zero-order chi connectivity index (χ0) is 20.7. The van der Waals surface area contributed by atoms with Gasteiger partial charge in [-0.1, -0.05) is 6.07 Å². The summed E-state index contributed by atoms with van der Waals surface area (Å²) in [5, 5.41) is 9.57. The van der Waals surface area contributed by atoms with Crippen molar-refractivity contribution in [2.24, 2.45) is 11.5 Å². The fraction of sp³-hybridized carbons (Fsp3) is 0.250. The van der Waals surface area contributed by atoms with Gasteiger partial charge in [0.15, 0.2) is 0 Å². The molecule has 3 aromatic rings. The number of hydrogen-bond donors (Lipinski definition) is 3. The second-order valence-electron chi connectivity index (χ2n) is 7.05. The second-order valence-corrected chi connectivity index (χ2v) is 8.05. The van der Waals surface area contributed by atoms with Crippen LogP contribution in [-0.4, -0.2) is 30.0 Å². The fourth-order valence-electron chi connectivity index (χ4n) is 3.58. The molecule has 1 aromatic carbocycles. The van der Waals surface area contributed by atoms with Gasteiger partial charge in [0.05, 0.1) is 11.3 Å². The van der Waals surface area contributed by atoms with Crippen molar-refractivity contribution in [1.82, 2.24) is 4.98 Å². The normalized spacial score (nSPS) is 14.9. The van der Waals surface area contributed by atoms with Crippen LogP contribution in [0.5, 0.6) is 0 Å². The quantitative estimate of drug-likeness (QED) is 0.607. The second kappa shape index (κ2) is 7.31. The van der Waals surface area contributed by atoms with Crippen molar-refractivity contribution < 1.29 is 9.18 Å². The van der Waals surface area contributed by atoms with Crippen molar-refractivity contribution in [3.8, 4) is 17.2 Å². The third kappa shape index (κ3) is 3.37. The molecule has 0 aliphatic carbocycles. The maximum Gasteiger partial charge on any atom is 0.260 e. The molecule has 1 aliphatic heterocycles. The number of fused-ring (bicyclic) bond motifs is 1. The Morgan fingerprint density at radius 3 is 2.66 bits per heavy atom. The smallest absolute Gasteiger partial charge is 0.260 e. The van der Waals surface area contributed by atoms with E-state index in [4.69, 9.17) is 27.4 Å². The van der Waals surface area contributed by atoms with E-state index in [0.717, 1.165) is 37.3 Å². The topological polar surface area (TPSA) is 135 Å². The average Bonchev–Trinajstić information content (AvgIpc) is 3.05. The highest BCUT2D eigenvalue weighted by Crippen LogP contribution is 2.41. The van der Waals surface area contributed by atoms with E-state index >= 15 is 0 Å². The van der Waals surface area contributed by atoms with Crippen LogP contribution in [0.2, 0.25) is 0 Å². The lowest BCUT2D eigenvalue weighted by Gasteiger charge is -2.31. The molecule has 148 valence electrons. The van der Waals surface area contributed by atoms with Crippen LogP contribution in [0.3, 0.4) is 0 Å². The zero-order valence-electron chi connectivity index (χ0n) is 15.5. The molecule has 4 rings (SSSR count). The molecule has 0 unspecified atom stereocenters. The molecular formula is C20H19FN6OS. The Morgan fingerprint density at radius 1 is 1.31 bits per heavy atom. The number of aromatic nitrogens is 1. The summed E-state index contributed by atoms with van der Waals surface area (Å²) in [7, 11) is 0. The summed E-state index contributed by atoms with van der Waals surface area (Å²) < 4.78 is 14.3. The first kappa shape index (κ1) is 19.1. The molecule has 0 saturated carbocycles. The number of nitrogens with two attached hydrogens (primary N) is 3. The Kier molecular flexibility index (Phi) is 4.82. The third-order valence-electron chi connectivity index (χ3n) is 5.17. The Labute approximate surface area is 170 Å². The number of rotatable bonds is 3. The number of pyridine rings is 1. The highest BCUT2D eigenvalue weighted by Gasteiger charge is 2.23. The molecule has 1 saturated heterocycles. The summed E-state index contributed by atoms with van der Waals surface area (Å²) in [5.41, 5.74) is 19.1. The molecule has 9 heteroatoms. The fourth-order valence-corrected chi connectivity index (χ4v) is 4.55. The number of halogens is 1. The number of thiophene rings is 1. The summed E-state index contributed by atoms with van der Waals surface area (Å²) in [6, 6.07) is 8.21. The first-order valence-electron chi connectivity index (χ1n) is 9.12. The van der Waals surface area contributed by atoms with Crippen LogP contribution in [0, 0.1) is 17.1 Å². The SMILES string of the molecule is N#Cc1ccc(-c2cc(N3CCC(N)CC3)nc3sc(C(N)=O)c(N)c23)cc1F. The molecule has 29 heavy (non-hydrogen) atoms. The number of nitriles is 1. The van der Waals surface area contributed by atoms with Crippen LogP contribution in [0.4, 0.5) is 15.9 Å². The maximum absolute atomic E-state index is 14.3. The minimum absolute atomic E-state index is 0.0413. The number of amides is 1. The van der Waals surface area contributed by atoms with Crippen LogP contribution in [0.15, 0.2) is 24.3 Å². The van der Waals surface area contributed by atoms with Crippen LogP contribution in [0.1, 0.15) is 28.1 Å². The van der Waals surface area contributed by atoms with Gasteiger partial charge in [-0.15, -0.1) is 11.3 Å². The van der Waals surface area contributed by atoms with Crippen LogP contribution >= 0.6 is 11.3 Å². The van der Waals surface area contributed by atoms with Gasteiger partial charge in [0.1, 0.15) is 27.4 Å². The molecular weight excluding hydrogens is 391 g/mol. The number of hydrogen-bond acceptors (Lipinski definition) is 7. The Bertz CT molecular complexity index is 1160. The van der Waals surface area contributed by atoms with Crippen molar-refractivity contribution >= 4 is 39.0 Å². The summed E-state index contributed by atoms with van der Waals surface area (Å²) >= 11 is 1.12. The van der Waals surface area contributed by atoms with Gasteiger partial charge in [-0.05, 0) is 42.2 Å². The molecule has 0 atom stereocenters. The van der Waals surface area contributed by atoms with Crippen molar-refractivity contribution in [3.63, 3.8) is 0 Å². The van der Waals surface area contributed by atoms with Crippen LogP contribution in [-0.2, 0) is 0 Å². The Morgan fingerprint density at radius 2 is 2.03 bits per heavy atom. The summed E-state index contributed by atoms with van der Waals surface area (Å²) in [5.74, 6) is -0.543. The number of nitrogens with zero attached hydrogens (tertiary/aromatic N) is 3. The van der Waals surface area contributed by atoms with Gasteiger partial charge in [-0.2, -0.15) is 5.26 Å². The predicted octanol–water partition coefficient (Wildman–Crippen LogP) is 2.58. The largest absolute Gasteiger partial charge is 0.397 e. The number of anilines is 2. The van der Waals surface area contributed by atoms with E-state index in [0.29, 0.717) is 27.2 Å². The van der Waals surface area contributed by atoms with Crippen LogP contribution < -0.4 is 22.1 Å². The first-order valence-corrected chi connectivity index (χ1v) is 9.94. The van der Waals surface area contributed by atoms with E-state index in [1.165, 1.54) is 12.1 Å². The van der Waals surface area contributed by atoms with E-state index in [1.807, 2.05) is 12.1 Å². The highest BCUT2D eigenvalue weighted by molar-refractivity contribution is 7.21. The molecule has 0 spiro atoms. The molecule has 3 heterocycles. The molecule has 6 N–H and O–H groups in total. The number of primary amides is 1. The zero-order valence-corrected chi connectivity index (χ0v) is 16.3. The van der Waals surface area contributed by atoms with Gasteiger partial charge in [-0.3, -0.25) is 4.79 Å². The summed E-state index contributed by atoms with van der Waals surface area (Å²) in [6.45, 7) is 1.51. The molecule has 7 nitrogen and oxygen atoms in total. The molecule has 1 aliphatic rings. The molecule has 1 amide bonds. The number of benzene rings is 1. The number of piperidine rings is 1. The van der Waals surface area contributed by atoms with E-state index < -0.39 is 11.7 Å². The lowest BCUT2D eigenvalue weighted by molar-refractivity contribution is 0.100. The van der Waals surface area contributed by atoms with Crippen LogP contribution in [0.25, 0.3) is 21.3 Å². The average molecular weight is 410 g/mol. The van der Waals surface area contributed by atoms with Crippen molar-refractivity contribution in [3.05, 3.63) is 40.5 Å². The molecule has 0 bridgehead atoms. The van der Waals surface area contributed by atoms with Gasteiger partial charge in [0.2, 0.25) is 0 Å². The highest BCUT2D eigenvalue weighted by atomic mass is 32.1. The maximum atomic E-state index is 14.3. The first-order chi connectivity index (χ1) is 13.9. The predicted molar refractivity (Wildman–Crippen MR) is 112 cm³/mol. The van der Waals surface area contributed by atoms with Gasteiger partial charge >= 0.3 is 0 Å². The lowest BCUT2D eigenvalue weighted by Crippen LogP contribution is -2.40. The number of carbonyl (C=O) groups excluding carboxylic acids is 1. The van der Waals surface area contributed by atoms with E-state index in [2.05, 4.69) is 4.90 Å². The molecule has 2 aromatic heterocycles. The minimum atomic E-state index is -0.632. The van der Waals surface area contributed by atoms with Gasteiger partial charge in [0.25, 0.3) is 5.91 Å². The summed E-state index contributed by atoms with van der Waals surface area (Å²) in [6.07, 6.45) is 1.69. The van der Waals surface area contributed by atoms with E-state index in [1.54, 1.807) is 6.07 Å². The Balaban J connectivity index is 1.93. The van der Waals surface area contributed by atoms with E-state index in [-0.39, 0.29) is 22.2 Å². The Hall–Kier alpha value is -3.22. The minimum Gasteiger partial charge on any atom is -0.397 e. The van der Waals surface area contributed by atoms with Crippen molar-refractivity contribution in [2.45, 2.75) is 18.9 Å². The lowest BCUT2D eigenvalue weighted by atomic mass is 10.00. The number of carbonyl (C=O) groups is 1. The summed E-state index contributed by atoms with van der Waals surface area (Å²) in [4.78, 5) is 19.4. The number of nitrogen functional groups attached to an aromatic ring is 1. The monoisotopic (exact) mass is 410 g/mol. The standard InChI is InChI=1S/C20H19FN6OS/c21-14-7-10(1-2-11(14)9-22)13-8-15(27-5-3-12(23)4-6-27)26-20-16(13)17(24)18(29-20)19(25)28/h1-2,7-8,12H,3-6,23-24H2,(H2,25,28).